The predicted molar refractivity (Wildman–Crippen MR) is 75.9 cm³/mol. The molecule has 1 aliphatic carbocycles. The van der Waals surface area contributed by atoms with E-state index in [9.17, 15) is 19.8 Å². The lowest BCUT2D eigenvalue weighted by Crippen LogP contribution is -2.43. The number of carboxylic acid groups (broad SMARTS) is 1. The molecule has 1 saturated heterocycles. The molecular formula is C16H19NO4. The van der Waals surface area contributed by atoms with Crippen LogP contribution in [-0.2, 0) is 16.0 Å². The maximum atomic E-state index is 12.8. The van der Waals surface area contributed by atoms with Crippen molar-refractivity contribution < 1.29 is 19.8 Å². The highest BCUT2D eigenvalue weighted by molar-refractivity contribution is 5.89. The molecule has 3 unspecified atom stereocenters. The van der Waals surface area contributed by atoms with E-state index in [0.717, 1.165) is 24.8 Å². The molecule has 1 aromatic carbocycles. The second-order valence-corrected chi connectivity index (χ2v) is 5.88. The summed E-state index contributed by atoms with van der Waals surface area (Å²) < 4.78 is 0. The number of benzene rings is 1. The minimum atomic E-state index is -1.04. The number of aliphatic hydroxyl groups excluding tert-OH is 1. The van der Waals surface area contributed by atoms with Crippen molar-refractivity contribution in [1.29, 1.82) is 0 Å². The first kappa shape index (κ1) is 14.1. The van der Waals surface area contributed by atoms with Crippen LogP contribution in [0.3, 0.4) is 0 Å². The monoisotopic (exact) mass is 289 g/mol. The molecule has 0 radical (unpaired) electrons. The summed E-state index contributed by atoms with van der Waals surface area (Å²) >= 11 is 0. The van der Waals surface area contributed by atoms with Crippen molar-refractivity contribution in [1.82, 2.24) is 4.90 Å². The summed E-state index contributed by atoms with van der Waals surface area (Å²) in [5.41, 5.74) is 2.19. The first-order chi connectivity index (χ1) is 10.1. The van der Waals surface area contributed by atoms with E-state index in [1.165, 1.54) is 10.5 Å². The van der Waals surface area contributed by atoms with Crippen LogP contribution in [0.2, 0.25) is 0 Å². The van der Waals surface area contributed by atoms with Gasteiger partial charge in [-0.1, -0.05) is 24.3 Å². The SMILES string of the molecule is O=C(O)C1CC(O)CN1C(=O)C1CCCc2ccccc21. The molecule has 1 amide bonds. The highest BCUT2D eigenvalue weighted by Gasteiger charge is 2.42. The van der Waals surface area contributed by atoms with Crippen LogP contribution in [0.1, 0.15) is 36.3 Å². The van der Waals surface area contributed by atoms with Crippen LogP contribution in [-0.4, -0.2) is 45.7 Å². The van der Waals surface area contributed by atoms with Gasteiger partial charge >= 0.3 is 5.97 Å². The number of amides is 1. The van der Waals surface area contributed by atoms with E-state index in [1.54, 1.807) is 0 Å². The Bertz CT molecular complexity index is 571. The molecule has 112 valence electrons. The molecule has 3 rings (SSSR count). The van der Waals surface area contributed by atoms with E-state index < -0.39 is 18.1 Å². The van der Waals surface area contributed by atoms with Gasteiger partial charge in [0.1, 0.15) is 6.04 Å². The van der Waals surface area contributed by atoms with Gasteiger partial charge in [0, 0.05) is 13.0 Å². The van der Waals surface area contributed by atoms with Gasteiger partial charge in [-0.25, -0.2) is 4.79 Å². The topological polar surface area (TPSA) is 77.8 Å². The maximum absolute atomic E-state index is 12.8. The van der Waals surface area contributed by atoms with Gasteiger partial charge < -0.3 is 15.1 Å². The van der Waals surface area contributed by atoms with E-state index in [1.807, 2.05) is 24.3 Å². The van der Waals surface area contributed by atoms with Gasteiger partial charge in [0.2, 0.25) is 5.91 Å². The Morgan fingerprint density at radius 2 is 2.00 bits per heavy atom. The summed E-state index contributed by atoms with van der Waals surface area (Å²) in [7, 11) is 0. The van der Waals surface area contributed by atoms with Crippen molar-refractivity contribution in [3.63, 3.8) is 0 Å². The van der Waals surface area contributed by atoms with Crippen LogP contribution >= 0.6 is 0 Å². The molecule has 21 heavy (non-hydrogen) atoms. The van der Waals surface area contributed by atoms with Crippen molar-refractivity contribution in [2.24, 2.45) is 0 Å². The zero-order valence-electron chi connectivity index (χ0n) is 11.7. The Morgan fingerprint density at radius 3 is 2.76 bits per heavy atom. The number of carboxylic acids is 1. The number of likely N-dealkylation sites (tertiary alicyclic amines) is 1. The number of aliphatic carboxylic acids is 1. The number of carbonyl (C=O) groups excluding carboxylic acids is 1. The van der Waals surface area contributed by atoms with E-state index in [-0.39, 0.29) is 24.8 Å². The lowest BCUT2D eigenvalue weighted by Gasteiger charge is -2.30. The lowest BCUT2D eigenvalue weighted by atomic mass is 9.82. The first-order valence-corrected chi connectivity index (χ1v) is 7.37. The lowest BCUT2D eigenvalue weighted by molar-refractivity contribution is -0.148. The van der Waals surface area contributed by atoms with Crippen LogP contribution in [0.5, 0.6) is 0 Å². The van der Waals surface area contributed by atoms with Gasteiger partial charge in [-0.05, 0) is 30.4 Å². The van der Waals surface area contributed by atoms with Gasteiger partial charge in [0.05, 0.1) is 12.0 Å². The summed E-state index contributed by atoms with van der Waals surface area (Å²) in [5, 5.41) is 18.9. The van der Waals surface area contributed by atoms with E-state index in [2.05, 4.69) is 0 Å². The molecule has 2 N–H and O–H groups in total. The maximum Gasteiger partial charge on any atom is 0.326 e. The number of nitrogens with zero attached hydrogens (tertiary/aromatic N) is 1. The second-order valence-electron chi connectivity index (χ2n) is 5.88. The van der Waals surface area contributed by atoms with Gasteiger partial charge in [0.15, 0.2) is 0 Å². The van der Waals surface area contributed by atoms with Crippen LogP contribution in [0.4, 0.5) is 0 Å². The number of β-amino-alcohol motifs (C(OH)–C–C–N with tert-alkyl or cyclic N) is 1. The molecule has 0 saturated carbocycles. The second kappa shape index (κ2) is 5.48. The Morgan fingerprint density at radius 1 is 1.24 bits per heavy atom. The summed E-state index contributed by atoms with van der Waals surface area (Å²) in [6.07, 6.45) is 2.02. The summed E-state index contributed by atoms with van der Waals surface area (Å²) in [6, 6.07) is 6.96. The average molecular weight is 289 g/mol. The molecule has 0 aromatic heterocycles. The molecule has 2 aliphatic rings. The molecular weight excluding hydrogens is 270 g/mol. The van der Waals surface area contributed by atoms with Crippen LogP contribution in [0, 0.1) is 0 Å². The molecule has 0 bridgehead atoms. The molecule has 3 atom stereocenters. The largest absolute Gasteiger partial charge is 0.480 e. The summed E-state index contributed by atoms with van der Waals surface area (Å²) in [6.45, 7) is 0.120. The van der Waals surface area contributed by atoms with E-state index in [4.69, 9.17) is 0 Å². The van der Waals surface area contributed by atoms with Crippen LogP contribution in [0.25, 0.3) is 0 Å². The number of fused-ring (bicyclic) bond motifs is 1. The van der Waals surface area contributed by atoms with E-state index >= 15 is 0 Å². The Kier molecular flexibility index (Phi) is 3.68. The minimum absolute atomic E-state index is 0.120. The molecule has 0 spiro atoms. The zero-order valence-corrected chi connectivity index (χ0v) is 11.7. The fourth-order valence-corrected chi connectivity index (χ4v) is 3.50. The summed E-state index contributed by atoms with van der Waals surface area (Å²) in [4.78, 5) is 25.4. The smallest absolute Gasteiger partial charge is 0.326 e. The fourth-order valence-electron chi connectivity index (χ4n) is 3.50. The summed E-state index contributed by atoms with van der Waals surface area (Å²) in [5.74, 6) is -1.47. The minimum Gasteiger partial charge on any atom is -0.480 e. The number of hydrogen-bond donors (Lipinski definition) is 2. The third-order valence-corrected chi connectivity index (χ3v) is 4.51. The number of aryl methyl sites for hydroxylation is 1. The Balaban J connectivity index is 1.87. The van der Waals surface area contributed by atoms with E-state index in [0.29, 0.717) is 0 Å². The average Bonchev–Trinajstić information content (AvgIpc) is 2.88. The molecule has 1 fully saturated rings. The van der Waals surface area contributed by atoms with Crippen molar-refractivity contribution in [2.45, 2.75) is 43.7 Å². The Labute approximate surface area is 123 Å². The van der Waals surface area contributed by atoms with Crippen molar-refractivity contribution in [3.8, 4) is 0 Å². The highest BCUT2D eigenvalue weighted by Crippen LogP contribution is 2.34. The number of rotatable bonds is 2. The van der Waals surface area contributed by atoms with Gasteiger partial charge in [0.25, 0.3) is 0 Å². The highest BCUT2D eigenvalue weighted by atomic mass is 16.4. The molecule has 5 nitrogen and oxygen atoms in total. The molecule has 5 heteroatoms. The van der Waals surface area contributed by atoms with Crippen LogP contribution in [0.15, 0.2) is 24.3 Å². The van der Waals surface area contributed by atoms with Crippen molar-refractivity contribution >= 4 is 11.9 Å². The van der Waals surface area contributed by atoms with Gasteiger partial charge in [-0.2, -0.15) is 0 Å². The zero-order chi connectivity index (χ0) is 15.0. The Hall–Kier alpha value is -1.88. The predicted octanol–water partition coefficient (Wildman–Crippen LogP) is 1.15. The number of aliphatic hydroxyl groups is 1. The molecule has 1 heterocycles. The normalized spacial score (nSPS) is 28.2. The third kappa shape index (κ3) is 2.53. The van der Waals surface area contributed by atoms with Crippen molar-refractivity contribution in [2.75, 3.05) is 6.54 Å². The number of carbonyl (C=O) groups is 2. The fraction of sp³-hybridized carbons (Fsp3) is 0.500. The molecule has 1 aliphatic heterocycles. The molecule has 1 aromatic rings. The van der Waals surface area contributed by atoms with Crippen molar-refractivity contribution in [3.05, 3.63) is 35.4 Å². The van der Waals surface area contributed by atoms with Gasteiger partial charge in [-0.15, -0.1) is 0 Å². The van der Waals surface area contributed by atoms with Gasteiger partial charge in [-0.3, -0.25) is 4.79 Å². The standard InChI is InChI=1S/C16H19NO4/c18-11-8-14(16(20)21)17(9-11)15(19)13-7-3-5-10-4-1-2-6-12(10)13/h1-2,4,6,11,13-14,18H,3,5,7-9H2,(H,20,21). The quantitative estimate of drug-likeness (QED) is 0.856. The third-order valence-electron chi connectivity index (χ3n) is 4.51. The first-order valence-electron chi connectivity index (χ1n) is 7.37. The number of hydrogen-bond acceptors (Lipinski definition) is 3. The van der Waals surface area contributed by atoms with Crippen LogP contribution < -0.4 is 0 Å².